The summed E-state index contributed by atoms with van der Waals surface area (Å²) in [4.78, 5) is 10.6. The molecule has 0 amide bonds. The van der Waals surface area contributed by atoms with Crippen molar-refractivity contribution < 1.29 is 9.53 Å². The van der Waals surface area contributed by atoms with Gasteiger partial charge in [-0.15, -0.1) is 11.6 Å². The lowest BCUT2D eigenvalue weighted by atomic mass is 10.2. The number of carbonyl (C=O) groups excluding carboxylic acids is 1. The van der Waals surface area contributed by atoms with E-state index in [2.05, 4.69) is 6.92 Å². The van der Waals surface area contributed by atoms with Crippen LogP contribution < -0.4 is 0 Å². The van der Waals surface area contributed by atoms with Crippen molar-refractivity contribution >= 4 is 29.2 Å². The van der Waals surface area contributed by atoms with Crippen molar-refractivity contribution in [2.45, 2.75) is 38.2 Å². The second kappa shape index (κ2) is 7.69. The summed E-state index contributed by atoms with van der Waals surface area (Å²) < 4.78 is 4.74. The first kappa shape index (κ1) is 12.0. The first-order chi connectivity index (χ1) is 5.70. The lowest BCUT2D eigenvalue weighted by molar-refractivity contribution is -0.142. The standard InChI is InChI=1S/C8H14Cl2O2/c1-2-3-4-5-7(10)12-8(11)6-9/h7H,2-6H2,1H3. The monoisotopic (exact) mass is 212 g/mol. The van der Waals surface area contributed by atoms with Crippen molar-refractivity contribution in [1.82, 2.24) is 0 Å². The van der Waals surface area contributed by atoms with Crippen LogP contribution in [-0.4, -0.2) is 17.4 Å². The predicted octanol–water partition coefficient (Wildman–Crippen LogP) is 2.91. The van der Waals surface area contributed by atoms with Crippen LogP contribution >= 0.6 is 23.2 Å². The molecule has 0 spiro atoms. The second-order valence-corrected chi connectivity index (χ2v) is 3.28. The van der Waals surface area contributed by atoms with Crippen LogP contribution in [0, 0.1) is 0 Å². The van der Waals surface area contributed by atoms with Crippen LogP contribution in [0.15, 0.2) is 0 Å². The molecule has 0 aromatic heterocycles. The van der Waals surface area contributed by atoms with Crippen LogP contribution in [0.4, 0.5) is 0 Å². The molecule has 0 bridgehead atoms. The van der Waals surface area contributed by atoms with Crippen molar-refractivity contribution in [3.05, 3.63) is 0 Å². The highest BCUT2D eigenvalue weighted by Gasteiger charge is 2.08. The molecule has 0 saturated carbocycles. The molecule has 2 nitrogen and oxygen atoms in total. The maximum absolute atomic E-state index is 10.6. The third-order valence-corrected chi connectivity index (χ3v) is 1.93. The molecule has 72 valence electrons. The highest BCUT2D eigenvalue weighted by Crippen LogP contribution is 2.10. The topological polar surface area (TPSA) is 26.3 Å². The van der Waals surface area contributed by atoms with Gasteiger partial charge in [-0.3, -0.25) is 4.79 Å². The van der Waals surface area contributed by atoms with Crippen LogP contribution in [0.5, 0.6) is 0 Å². The number of halogens is 2. The van der Waals surface area contributed by atoms with Gasteiger partial charge in [0.1, 0.15) is 5.88 Å². The predicted molar refractivity (Wildman–Crippen MR) is 50.6 cm³/mol. The summed E-state index contributed by atoms with van der Waals surface area (Å²) in [7, 11) is 0. The number of carbonyl (C=O) groups is 1. The minimum absolute atomic E-state index is 0.128. The Morgan fingerprint density at radius 1 is 1.50 bits per heavy atom. The number of rotatable bonds is 6. The van der Waals surface area contributed by atoms with Crippen molar-refractivity contribution in [2.24, 2.45) is 0 Å². The Balaban J connectivity index is 3.32. The fourth-order valence-corrected chi connectivity index (χ4v) is 1.10. The smallest absolute Gasteiger partial charge is 0.322 e. The molecule has 0 aliphatic rings. The molecule has 0 rings (SSSR count). The highest BCUT2D eigenvalue weighted by molar-refractivity contribution is 6.27. The van der Waals surface area contributed by atoms with E-state index in [4.69, 9.17) is 27.9 Å². The van der Waals surface area contributed by atoms with E-state index in [-0.39, 0.29) is 5.88 Å². The molecule has 0 fully saturated rings. The SMILES string of the molecule is CCCCCC(Cl)OC(=O)CCl. The molecule has 12 heavy (non-hydrogen) atoms. The summed E-state index contributed by atoms with van der Waals surface area (Å²) in [6, 6.07) is 0. The van der Waals surface area contributed by atoms with Gasteiger partial charge in [0.05, 0.1) is 0 Å². The van der Waals surface area contributed by atoms with Crippen molar-refractivity contribution in [3.8, 4) is 0 Å². The van der Waals surface area contributed by atoms with Crippen LogP contribution in [0.3, 0.4) is 0 Å². The average molecular weight is 213 g/mol. The fourth-order valence-electron chi connectivity index (χ4n) is 0.788. The zero-order valence-corrected chi connectivity index (χ0v) is 8.70. The van der Waals surface area contributed by atoms with E-state index in [0.717, 1.165) is 19.3 Å². The van der Waals surface area contributed by atoms with Crippen molar-refractivity contribution in [1.29, 1.82) is 0 Å². The number of ether oxygens (including phenoxy) is 1. The Hall–Kier alpha value is 0.0500. The van der Waals surface area contributed by atoms with Crippen molar-refractivity contribution in [2.75, 3.05) is 5.88 Å². The zero-order chi connectivity index (χ0) is 9.40. The van der Waals surface area contributed by atoms with Crippen molar-refractivity contribution in [3.63, 3.8) is 0 Å². The largest absolute Gasteiger partial charge is 0.445 e. The van der Waals surface area contributed by atoms with E-state index in [0.29, 0.717) is 6.42 Å². The molecular weight excluding hydrogens is 199 g/mol. The van der Waals surface area contributed by atoms with Gasteiger partial charge in [0.2, 0.25) is 0 Å². The Kier molecular flexibility index (Phi) is 7.72. The number of alkyl halides is 2. The van der Waals surface area contributed by atoms with Gasteiger partial charge < -0.3 is 4.74 Å². The van der Waals surface area contributed by atoms with E-state index in [1.54, 1.807) is 0 Å². The van der Waals surface area contributed by atoms with Gasteiger partial charge in [0, 0.05) is 0 Å². The molecule has 4 heteroatoms. The first-order valence-electron chi connectivity index (χ1n) is 4.10. The Morgan fingerprint density at radius 3 is 2.67 bits per heavy atom. The Morgan fingerprint density at radius 2 is 2.17 bits per heavy atom. The van der Waals surface area contributed by atoms with Gasteiger partial charge in [0.25, 0.3) is 0 Å². The number of hydrogen-bond donors (Lipinski definition) is 0. The molecule has 0 aromatic rings. The summed E-state index contributed by atoms with van der Waals surface area (Å²) in [5.41, 5.74) is -0.511. The first-order valence-corrected chi connectivity index (χ1v) is 5.07. The molecule has 1 unspecified atom stereocenters. The minimum Gasteiger partial charge on any atom is -0.445 e. The lowest BCUT2D eigenvalue weighted by Gasteiger charge is -2.08. The molecule has 0 N–H and O–H groups in total. The lowest BCUT2D eigenvalue weighted by Crippen LogP contribution is -2.13. The normalized spacial score (nSPS) is 12.6. The molecule has 0 saturated heterocycles. The van der Waals surface area contributed by atoms with Gasteiger partial charge in [0.15, 0.2) is 5.56 Å². The van der Waals surface area contributed by atoms with E-state index < -0.39 is 11.5 Å². The maximum atomic E-state index is 10.6. The van der Waals surface area contributed by atoms with Gasteiger partial charge in [-0.05, 0) is 12.8 Å². The van der Waals surface area contributed by atoms with Crippen LogP contribution in [-0.2, 0) is 9.53 Å². The molecule has 0 aliphatic carbocycles. The van der Waals surface area contributed by atoms with Gasteiger partial charge in [-0.1, -0.05) is 31.4 Å². The quantitative estimate of drug-likeness (QED) is 0.385. The minimum atomic E-state index is -0.511. The summed E-state index contributed by atoms with van der Waals surface area (Å²) in [6.07, 6.45) is 3.94. The van der Waals surface area contributed by atoms with Crippen LogP contribution in [0.2, 0.25) is 0 Å². The molecule has 0 radical (unpaired) electrons. The third kappa shape index (κ3) is 6.74. The van der Waals surface area contributed by atoms with Gasteiger partial charge >= 0.3 is 5.97 Å². The van der Waals surface area contributed by atoms with Gasteiger partial charge in [-0.25, -0.2) is 0 Å². The van der Waals surface area contributed by atoms with E-state index in [1.807, 2.05) is 0 Å². The van der Waals surface area contributed by atoms with E-state index >= 15 is 0 Å². The molecule has 1 atom stereocenters. The summed E-state index contributed by atoms with van der Waals surface area (Å²) in [6.45, 7) is 2.11. The summed E-state index contributed by atoms with van der Waals surface area (Å²) in [5.74, 6) is -0.579. The van der Waals surface area contributed by atoms with Gasteiger partial charge in [-0.2, -0.15) is 0 Å². The van der Waals surface area contributed by atoms with Crippen LogP contribution in [0.1, 0.15) is 32.6 Å². The number of unbranched alkanes of at least 4 members (excludes halogenated alkanes) is 2. The second-order valence-electron chi connectivity index (χ2n) is 2.53. The molecular formula is C8H14Cl2O2. The van der Waals surface area contributed by atoms with E-state index in [9.17, 15) is 4.79 Å². The molecule has 0 aliphatic heterocycles. The Bertz CT molecular complexity index is 128. The fraction of sp³-hybridized carbons (Fsp3) is 0.875. The average Bonchev–Trinajstić information content (AvgIpc) is 2.05. The molecule has 0 aromatic carbocycles. The Labute approximate surface area is 83.2 Å². The summed E-state index contributed by atoms with van der Waals surface area (Å²) >= 11 is 10.9. The number of esters is 1. The molecule has 0 heterocycles. The highest BCUT2D eigenvalue weighted by atomic mass is 35.5. The zero-order valence-electron chi connectivity index (χ0n) is 7.19. The number of hydrogen-bond acceptors (Lipinski definition) is 2. The maximum Gasteiger partial charge on any atom is 0.322 e. The third-order valence-electron chi connectivity index (χ3n) is 1.40. The van der Waals surface area contributed by atoms with E-state index in [1.165, 1.54) is 0 Å². The van der Waals surface area contributed by atoms with Crippen LogP contribution in [0.25, 0.3) is 0 Å². The summed E-state index contributed by atoms with van der Waals surface area (Å²) in [5, 5.41) is 0.